The summed E-state index contributed by atoms with van der Waals surface area (Å²) < 4.78 is 19.7. The minimum Gasteiger partial charge on any atom is -0.448 e. The van der Waals surface area contributed by atoms with Crippen LogP contribution >= 0.6 is 0 Å². The van der Waals surface area contributed by atoms with Crippen LogP contribution in [-0.4, -0.2) is 147 Å². The number of ether oxygens (including phenoxy) is 3. The summed E-state index contributed by atoms with van der Waals surface area (Å²) in [4.78, 5) is 107. The molecule has 3 N–H and O–H groups in total. The molecule has 13 atom stereocenters. The lowest BCUT2D eigenvalue weighted by Gasteiger charge is -2.47. The van der Waals surface area contributed by atoms with Crippen LogP contribution in [0.2, 0.25) is 0 Å². The summed E-state index contributed by atoms with van der Waals surface area (Å²) in [5, 5.41) is 9.12. The molecule has 0 bridgehead atoms. The van der Waals surface area contributed by atoms with Gasteiger partial charge >= 0.3 is 35.3 Å². The molecule has 6 fully saturated rings. The summed E-state index contributed by atoms with van der Waals surface area (Å²) in [7, 11) is 0. The lowest BCUT2D eigenvalue weighted by molar-refractivity contribution is 0.0325. The Morgan fingerprint density at radius 3 is 1.34 bits per heavy atom. The summed E-state index contributed by atoms with van der Waals surface area (Å²) in [6, 6.07) is 0.233. The number of carbonyl (C=O) groups is 4. The number of alkyl carbamates (subject to hydrolysis) is 3. The van der Waals surface area contributed by atoms with Crippen molar-refractivity contribution >= 4 is 24.2 Å². The molecule has 4 heterocycles. The number of hydrogen-bond donors (Lipinski definition) is 3. The number of rotatable bonds is 17. The van der Waals surface area contributed by atoms with E-state index >= 15 is 19.2 Å². The van der Waals surface area contributed by atoms with Crippen molar-refractivity contribution in [3.63, 3.8) is 0 Å². The third-order valence-corrected chi connectivity index (χ3v) is 16.3. The zero-order valence-corrected chi connectivity index (χ0v) is 45.2. The molecule has 13 unspecified atom stereocenters. The van der Waals surface area contributed by atoms with E-state index in [0.29, 0.717) is 93.7 Å². The van der Waals surface area contributed by atoms with E-state index in [0.717, 1.165) is 28.8 Å². The van der Waals surface area contributed by atoms with Gasteiger partial charge in [0.1, 0.15) is 19.3 Å². The van der Waals surface area contributed by atoms with Crippen molar-refractivity contribution < 1.29 is 33.4 Å². The molecule has 3 amide bonds. The first-order valence-electron chi connectivity index (χ1n) is 26.4. The minimum atomic E-state index is -1.31. The average molecular weight is 998 g/mol. The van der Waals surface area contributed by atoms with Crippen molar-refractivity contribution in [3.8, 4) is 0 Å². The SMILES string of the molecule is CC(CN1CC1C)OC(=O)NC1CC(C)(C)CC(C)(Cn2c(=O)n(CC3(C)CC(NC(=O)OCCN4CC4C)CC(C)(C)C3)c(=O)n(C(=O)C3(C)CC(NC(=O)OCCN4CC4C)CC(C)(C)C3)c2=O)C1. The molecule has 19 nitrogen and oxygen atoms in total. The Labute approximate surface area is 420 Å². The van der Waals surface area contributed by atoms with E-state index in [2.05, 4.69) is 79.1 Å². The average Bonchev–Trinajstić information content (AvgIpc) is 4.17. The first kappa shape index (κ1) is 54.5. The summed E-state index contributed by atoms with van der Waals surface area (Å²) in [5.74, 6) is -0.741. The van der Waals surface area contributed by atoms with Crippen molar-refractivity contribution in [1.29, 1.82) is 0 Å². The molecule has 3 saturated heterocycles. The predicted molar refractivity (Wildman–Crippen MR) is 270 cm³/mol. The van der Waals surface area contributed by atoms with Crippen LogP contribution in [0, 0.1) is 32.5 Å². The van der Waals surface area contributed by atoms with Crippen LogP contribution in [0.3, 0.4) is 0 Å². The van der Waals surface area contributed by atoms with Gasteiger partial charge in [-0.05, 0) is 113 Å². The molecule has 400 valence electrons. The van der Waals surface area contributed by atoms with Gasteiger partial charge in [0.25, 0.3) is 0 Å². The van der Waals surface area contributed by atoms with Gasteiger partial charge in [-0.1, -0.05) is 62.3 Å². The second-order valence-corrected chi connectivity index (χ2v) is 26.6. The third kappa shape index (κ3) is 14.1. The molecule has 1 aromatic heterocycles. The molecular formula is C52H87N9O10. The maximum absolute atomic E-state index is 15.4. The van der Waals surface area contributed by atoms with Crippen LogP contribution in [0.4, 0.5) is 14.4 Å². The molecule has 3 aliphatic heterocycles. The fourth-order valence-electron chi connectivity index (χ4n) is 14.0. The molecule has 19 heteroatoms. The van der Waals surface area contributed by atoms with E-state index in [-0.39, 0.29) is 61.7 Å². The molecular weight excluding hydrogens is 911 g/mol. The van der Waals surface area contributed by atoms with E-state index in [9.17, 15) is 14.4 Å². The van der Waals surface area contributed by atoms with Gasteiger partial charge < -0.3 is 30.2 Å². The fraction of sp³-hybridized carbons (Fsp3) is 0.865. The topological polar surface area (TPSA) is 207 Å². The van der Waals surface area contributed by atoms with E-state index in [1.54, 1.807) is 6.92 Å². The second kappa shape index (κ2) is 20.2. The van der Waals surface area contributed by atoms with E-state index in [1.165, 1.54) is 0 Å². The quantitative estimate of drug-likeness (QED) is 0.135. The molecule has 71 heavy (non-hydrogen) atoms. The summed E-state index contributed by atoms with van der Waals surface area (Å²) in [6.07, 6.45) is 2.26. The Morgan fingerprint density at radius 1 is 0.549 bits per heavy atom. The van der Waals surface area contributed by atoms with Gasteiger partial charge in [0, 0.05) is 88.6 Å². The van der Waals surface area contributed by atoms with Crippen LogP contribution in [0.15, 0.2) is 14.4 Å². The Hall–Kier alpha value is -4.23. The van der Waals surface area contributed by atoms with Crippen molar-refractivity contribution in [2.75, 3.05) is 52.5 Å². The van der Waals surface area contributed by atoms with Gasteiger partial charge in [0.05, 0.1) is 5.41 Å². The smallest absolute Gasteiger partial charge is 0.407 e. The van der Waals surface area contributed by atoms with Gasteiger partial charge in [-0.2, -0.15) is 4.57 Å². The zero-order chi connectivity index (χ0) is 52.2. The number of nitrogens with zero attached hydrogens (tertiary/aromatic N) is 6. The standard InChI is InChI=1S/C52H87N9O10/c1-33-24-56(33)14-16-69-41(63)53-37-18-47(5,6)28-50(11,21-37)31-59-44(66)60(32-51(12)22-38(19-48(7,8)29-51)55-43(65)71-36(4)27-58-26-35(58)3)46(68)61(45(59)67)40(62)52(13)23-39(20-49(9,10)30-52)54-42(64)70-17-15-57-25-34(57)2/h33-39H,14-32H2,1-13H3,(H,53,63)(H,54,64)(H,55,65). The lowest BCUT2D eigenvalue weighted by Crippen LogP contribution is -2.62. The lowest BCUT2D eigenvalue weighted by atomic mass is 9.62. The highest BCUT2D eigenvalue weighted by Crippen LogP contribution is 2.49. The van der Waals surface area contributed by atoms with Gasteiger partial charge in [-0.15, -0.1) is 0 Å². The van der Waals surface area contributed by atoms with Crippen molar-refractivity contribution in [3.05, 3.63) is 31.5 Å². The number of carbonyl (C=O) groups excluding carboxylic acids is 4. The minimum absolute atomic E-state index is 0.122. The molecule has 1 aromatic rings. The molecule has 0 radical (unpaired) electrons. The van der Waals surface area contributed by atoms with Gasteiger partial charge in [0.15, 0.2) is 0 Å². The predicted octanol–water partition coefficient (Wildman–Crippen LogP) is 5.25. The Kier molecular flexibility index (Phi) is 15.5. The molecule has 3 aliphatic carbocycles. The van der Waals surface area contributed by atoms with Crippen LogP contribution < -0.4 is 33.0 Å². The van der Waals surface area contributed by atoms with Crippen LogP contribution in [0.25, 0.3) is 0 Å². The summed E-state index contributed by atoms with van der Waals surface area (Å²) in [5.41, 5.74) is -6.83. The van der Waals surface area contributed by atoms with E-state index in [1.807, 2.05) is 34.6 Å². The highest BCUT2D eigenvalue weighted by molar-refractivity contribution is 5.84. The molecule has 7 rings (SSSR count). The maximum atomic E-state index is 15.4. The van der Waals surface area contributed by atoms with Crippen LogP contribution in [0.1, 0.15) is 153 Å². The van der Waals surface area contributed by atoms with Crippen molar-refractivity contribution in [1.82, 2.24) is 44.4 Å². The van der Waals surface area contributed by atoms with Crippen molar-refractivity contribution in [2.24, 2.45) is 32.5 Å². The number of nitrogens with one attached hydrogen (secondary N) is 3. The summed E-state index contributed by atoms with van der Waals surface area (Å²) in [6.45, 7) is 31.4. The van der Waals surface area contributed by atoms with E-state index < -0.39 is 69.0 Å². The molecule has 0 spiro atoms. The van der Waals surface area contributed by atoms with Gasteiger partial charge in [-0.25, -0.2) is 37.9 Å². The highest BCUT2D eigenvalue weighted by Gasteiger charge is 2.50. The molecule has 3 saturated carbocycles. The maximum Gasteiger partial charge on any atom is 0.407 e. The first-order chi connectivity index (χ1) is 32.9. The Morgan fingerprint density at radius 2 is 0.930 bits per heavy atom. The second-order valence-electron chi connectivity index (χ2n) is 26.6. The van der Waals surface area contributed by atoms with Gasteiger partial charge in [0.2, 0.25) is 5.91 Å². The van der Waals surface area contributed by atoms with Crippen LogP contribution in [0.5, 0.6) is 0 Å². The molecule has 6 aliphatic rings. The van der Waals surface area contributed by atoms with Crippen LogP contribution in [-0.2, 0) is 27.3 Å². The van der Waals surface area contributed by atoms with E-state index in [4.69, 9.17) is 14.2 Å². The highest BCUT2D eigenvalue weighted by atomic mass is 16.6. The van der Waals surface area contributed by atoms with Crippen molar-refractivity contribution in [2.45, 2.75) is 203 Å². The Balaban J connectivity index is 1.19. The Bertz CT molecular complexity index is 2360. The normalized spacial score (nSPS) is 35.8. The fourth-order valence-corrected chi connectivity index (χ4v) is 14.0. The largest absolute Gasteiger partial charge is 0.448 e. The zero-order valence-electron chi connectivity index (χ0n) is 45.2. The molecule has 0 aromatic carbocycles. The first-order valence-corrected chi connectivity index (χ1v) is 26.4. The monoisotopic (exact) mass is 998 g/mol. The third-order valence-electron chi connectivity index (χ3n) is 16.3. The van der Waals surface area contributed by atoms with Gasteiger partial charge in [-0.3, -0.25) is 19.5 Å². The summed E-state index contributed by atoms with van der Waals surface area (Å²) >= 11 is 0. The number of amides is 3. The number of aromatic nitrogens is 3. The number of hydrogen-bond acceptors (Lipinski definition) is 13.